The molecular weight excluding hydrogens is 280 g/mol. The summed E-state index contributed by atoms with van der Waals surface area (Å²) < 4.78 is 40.6. The third kappa shape index (κ3) is 3.63. The summed E-state index contributed by atoms with van der Waals surface area (Å²) in [6.45, 7) is 0.157. The second-order valence-corrected chi connectivity index (χ2v) is 5.38. The summed E-state index contributed by atoms with van der Waals surface area (Å²) in [6, 6.07) is 5.24. The maximum absolute atomic E-state index is 12.5. The monoisotopic (exact) mass is 299 g/mol. The molecule has 2 saturated heterocycles. The van der Waals surface area contributed by atoms with E-state index in [1.165, 1.54) is 0 Å². The molecule has 1 aromatic rings. The van der Waals surface area contributed by atoms with Crippen LogP contribution in [0.15, 0.2) is 18.2 Å². The van der Waals surface area contributed by atoms with E-state index >= 15 is 0 Å². The number of hydrogen-bond donors (Lipinski definition) is 1. The van der Waals surface area contributed by atoms with Crippen LogP contribution in [0, 0.1) is 0 Å². The van der Waals surface area contributed by atoms with Crippen LogP contribution in [-0.4, -0.2) is 39.0 Å². The lowest BCUT2D eigenvalue weighted by Crippen LogP contribution is -2.17. The van der Waals surface area contributed by atoms with Gasteiger partial charge in [-0.1, -0.05) is 6.07 Å². The fourth-order valence-electron chi connectivity index (χ4n) is 2.79. The first-order valence-corrected chi connectivity index (χ1v) is 7.26. The first-order valence-electron chi connectivity index (χ1n) is 7.26. The molecule has 21 heavy (non-hydrogen) atoms. The lowest BCUT2D eigenvalue weighted by Gasteiger charge is -2.18. The van der Waals surface area contributed by atoms with Gasteiger partial charge in [0.2, 0.25) is 0 Å². The molecule has 2 fully saturated rings. The van der Waals surface area contributed by atoms with Crippen LogP contribution in [0.25, 0.3) is 0 Å². The average molecular weight is 299 g/mol. The molecule has 3 rings (SSSR count). The number of nitrogens with one attached hydrogen (secondary N) is 1. The van der Waals surface area contributed by atoms with Gasteiger partial charge in [0.05, 0.1) is 13.2 Å². The van der Waals surface area contributed by atoms with Gasteiger partial charge in [-0.15, -0.1) is 0 Å². The molecule has 116 valence electrons. The first kappa shape index (κ1) is 14.5. The van der Waals surface area contributed by atoms with E-state index in [0.717, 1.165) is 31.5 Å². The van der Waals surface area contributed by atoms with E-state index in [4.69, 9.17) is 9.47 Å². The van der Waals surface area contributed by atoms with E-state index in [2.05, 4.69) is 10.1 Å². The highest BCUT2D eigenvalue weighted by Crippen LogP contribution is 2.35. The predicted molar refractivity (Wildman–Crippen MR) is 73.2 cm³/mol. The fourth-order valence-corrected chi connectivity index (χ4v) is 2.79. The number of benzene rings is 1. The van der Waals surface area contributed by atoms with Crippen LogP contribution in [0.1, 0.15) is 24.3 Å². The molecule has 0 aromatic heterocycles. The lowest BCUT2D eigenvalue weighted by atomic mass is 9.98. The normalized spacial score (nSPS) is 25.5. The van der Waals surface area contributed by atoms with Crippen molar-refractivity contribution in [3.8, 4) is 11.5 Å². The van der Waals surface area contributed by atoms with Gasteiger partial charge in [-0.25, -0.2) is 0 Å². The van der Waals surface area contributed by atoms with Crippen molar-refractivity contribution in [2.45, 2.75) is 31.5 Å². The Hall–Kier alpha value is -1.40. The van der Waals surface area contributed by atoms with Crippen LogP contribution in [0.5, 0.6) is 11.5 Å². The molecule has 0 saturated carbocycles. The van der Waals surface area contributed by atoms with Crippen molar-refractivity contribution >= 4 is 0 Å². The Balaban J connectivity index is 1.81. The largest absolute Gasteiger partial charge is 0.484 e. The Bertz CT molecular complexity index is 472. The summed E-state index contributed by atoms with van der Waals surface area (Å²) >= 11 is 0. The summed E-state index contributed by atoms with van der Waals surface area (Å²) in [5.74, 6) is 0.870. The van der Waals surface area contributed by atoms with E-state index in [1.54, 1.807) is 6.07 Å². The van der Waals surface area contributed by atoms with Crippen molar-refractivity contribution in [1.29, 1.82) is 0 Å². The van der Waals surface area contributed by atoms with Gasteiger partial charge in [0, 0.05) is 13.0 Å². The summed E-state index contributed by atoms with van der Waals surface area (Å²) in [5.41, 5.74) is 1.09. The van der Waals surface area contributed by atoms with Crippen LogP contribution in [0.4, 0.5) is 8.78 Å². The van der Waals surface area contributed by atoms with Crippen molar-refractivity contribution in [3.05, 3.63) is 23.8 Å². The smallest absolute Gasteiger partial charge is 0.387 e. The molecule has 2 atom stereocenters. The lowest BCUT2D eigenvalue weighted by molar-refractivity contribution is -0.0521. The molecule has 6 heteroatoms. The van der Waals surface area contributed by atoms with Gasteiger partial charge >= 0.3 is 6.61 Å². The molecule has 0 bridgehead atoms. The average Bonchev–Trinajstić information content (AvgIpc) is 3.12. The Labute approximate surface area is 122 Å². The molecular formula is C15H19F2NO3. The van der Waals surface area contributed by atoms with Crippen LogP contribution in [0.2, 0.25) is 0 Å². The number of alkyl halides is 2. The molecule has 2 aliphatic rings. The summed E-state index contributed by atoms with van der Waals surface area (Å²) in [7, 11) is 0. The highest BCUT2D eigenvalue weighted by Gasteiger charge is 2.23. The Morgan fingerprint density at radius 3 is 2.81 bits per heavy atom. The minimum Gasteiger partial charge on any atom is -0.484 e. The molecule has 0 aliphatic carbocycles. The fraction of sp³-hybridized carbons (Fsp3) is 0.600. The molecule has 4 nitrogen and oxygen atoms in total. The van der Waals surface area contributed by atoms with Crippen molar-refractivity contribution < 1.29 is 23.0 Å². The third-order valence-corrected chi connectivity index (χ3v) is 3.90. The predicted octanol–water partition coefficient (Wildman–Crippen LogP) is 2.53. The van der Waals surface area contributed by atoms with E-state index in [9.17, 15) is 8.78 Å². The van der Waals surface area contributed by atoms with E-state index < -0.39 is 6.61 Å². The molecule has 1 N–H and O–H groups in total. The van der Waals surface area contributed by atoms with E-state index in [0.29, 0.717) is 24.9 Å². The number of ether oxygens (including phenoxy) is 3. The zero-order valence-electron chi connectivity index (χ0n) is 11.7. The van der Waals surface area contributed by atoms with Crippen LogP contribution < -0.4 is 14.8 Å². The molecule has 0 amide bonds. The highest BCUT2D eigenvalue weighted by molar-refractivity contribution is 5.44. The SMILES string of the molecule is FC(F)Oc1ccc([C@@H]2CCNC2)cc1O[C@@H]1CCOC1. The van der Waals surface area contributed by atoms with Gasteiger partial charge in [0.15, 0.2) is 11.5 Å². The minimum absolute atomic E-state index is 0.0895. The van der Waals surface area contributed by atoms with Gasteiger partial charge in [-0.3, -0.25) is 0 Å². The summed E-state index contributed by atoms with van der Waals surface area (Å²) in [6.07, 6.45) is 1.71. The van der Waals surface area contributed by atoms with Crippen LogP contribution >= 0.6 is 0 Å². The van der Waals surface area contributed by atoms with Gasteiger partial charge in [-0.05, 0) is 36.6 Å². The molecule has 0 spiro atoms. The van der Waals surface area contributed by atoms with E-state index in [1.807, 2.05) is 12.1 Å². The maximum atomic E-state index is 12.5. The van der Waals surface area contributed by atoms with Crippen molar-refractivity contribution in [3.63, 3.8) is 0 Å². The van der Waals surface area contributed by atoms with Gasteiger partial charge in [0.1, 0.15) is 6.10 Å². The quantitative estimate of drug-likeness (QED) is 0.907. The minimum atomic E-state index is -2.86. The zero-order chi connectivity index (χ0) is 14.7. The summed E-state index contributed by atoms with van der Waals surface area (Å²) in [5, 5.41) is 3.30. The molecule has 0 radical (unpaired) electrons. The van der Waals surface area contributed by atoms with Crippen molar-refractivity contribution in [1.82, 2.24) is 5.32 Å². The third-order valence-electron chi connectivity index (χ3n) is 3.90. The first-order chi connectivity index (χ1) is 10.2. The second-order valence-electron chi connectivity index (χ2n) is 5.38. The summed E-state index contributed by atoms with van der Waals surface area (Å²) in [4.78, 5) is 0. The molecule has 2 heterocycles. The zero-order valence-corrected chi connectivity index (χ0v) is 11.7. The Morgan fingerprint density at radius 1 is 1.24 bits per heavy atom. The van der Waals surface area contributed by atoms with Crippen molar-refractivity contribution in [2.24, 2.45) is 0 Å². The number of rotatable bonds is 5. The van der Waals surface area contributed by atoms with Crippen LogP contribution in [0.3, 0.4) is 0 Å². The number of hydrogen-bond acceptors (Lipinski definition) is 4. The highest BCUT2D eigenvalue weighted by atomic mass is 19.3. The van der Waals surface area contributed by atoms with Gasteiger partial charge in [0.25, 0.3) is 0 Å². The van der Waals surface area contributed by atoms with Crippen LogP contribution in [-0.2, 0) is 4.74 Å². The second kappa shape index (κ2) is 6.58. The van der Waals surface area contributed by atoms with Gasteiger partial charge in [-0.2, -0.15) is 8.78 Å². The molecule has 0 unspecified atom stereocenters. The Kier molecular flexibility index (Phi) is 4.55. The standard InChI is InChI=1S/C15H19F2NO3/c16-15(17)21-13-2-1-10(11-3-5-18-8-11)7-14(13)20-12-4-6-19-9-12/h1-2,7,11-12,15,18H,3-6,8-9H2/t11-,12-/m1/s1. The number of halogens is 2. The maximum Gasteiger partial charge on any atom is 0.387 e. The van der Waals surface area contributed by atoms with Gasteiger partial charge < -0.3 is 19.5 Å². The van der Waals surface area contributed by atoms with Crippen molar-refractivity contribution in [2.75, 3.05) is 26.3 Å². The Morgan fingerprint density at radius 2 is 2.14 bits per heavy atom. The molecule has 1 aromatic carbocycles. The topological polar surface area (TPSA) is 39.7 Å². The van der Waals surface area contributed by atoms with E-state index in [-0.39, 0.29) is 11.9 Å². The molecule has 2 aliphatic heterocycles.